The van der Waals surface area contributed by atoms with E-state index in [-0.39, 0.29) is 5.56 Å². The second kappa shape index (κ2) is 11.9. The van der Waals surface area contributed by atoms with E-state index in [0.29, 0.717) is 42.7 Å². The fourth-order valence-electron chi connectivity index (χ4n) is 4.84. The monoisotopic (exact) mass is 542 g/mol. The first-order valence-corrected chi connectivity index (χ1v) is 13.2. The van der Waals surface area contributed by atoms with Crippen molar-refractivity contribution in [3.8, 4) is 0 Å². The van der Waals surface area contributed by atoms with Gasteiger partial charge in [-0.15, -0.1) is 5.10 Å². The number of benzene rings is 3. The zero-order valence-corrected chi connectivity index (χ0v) is 23.0. The van der Waals surface area contributed by atoms with E-state index in [2.05, 4.69) is 50.5 Å². The Labute approximate surface area is 232 Å². The molecular formula is C30H31ClN6O2. The number of halogens is 1. The standard InChI is InChI=1S/C30H31ClN6O2/c1-20-15-24-17-25(30(38)32-27(24)16-21(20)2)28(29-33-34-35-37(29)13-14-39-3)36(18-22-9-5-4-6-10-22)19-23-11-7-8-12-26(23)31/h4-12,15-17,28H,13-14,18-19H2,1-3H3,(H,32,38)/t28-/m1/s1. The number of ether oxygens (including phenoxy) is 1. The number of tetrazole rings is 1. The number of aryl methyl sites for hydroxylation is 2. The molecule has 0 saturated heterocycles. The average Bonchev–Trinajstić information content (AvgIpc) is 3.39. The predicted octanol–water partition coefficient (Wildman–Crippen LogP) is 5.22. The Morgan fingerprint density at radius 1 is 1.00 bits per heavy atom. The smallest absolute Gasteiger partial charge is 0.253 e. The fraction of sp³-hybridized carbons (Fsp3) is 0.267. The molecule has 8 nitrogen and oxygen atoms in total. The van der Waals surface area contributed by atoms with Crippen LogP contribution < -0.4 is 5.56 Å². The number of fused-ring (bicyclic) bond motifs is 1. The molecular weight excluding hydrogens is 512 g/mol. The zero-order chi connectivity index (χ0) is 27.4. The molecule has 5 rings (SSSR count). The van der Waals surface area contributed by atoms with E-state index < -0.39 is 6.04 Å². The van der Waals surface area contributed by atoms with Crippen LogP contribution >= 0.6 is 11.6 Å². The molecule has 0 fully saturated rings. The maximum atomic E-state index is 13.8. The highest BCUT2D eigenvalue weighted by molar-refractivity contribution is 6.31. The molecule has 2 aromatic heterocycles. The van der Waals surface area contributed by atoms with Crippen molar-refractivity contribution in [1.29, 1.82) is 0 Å². The predicted molar refractivity (Wildman–Crippen MR) is 153 cm³/mol. The summed E-state index contributed by atoms with van der Waals surface area (Å²) >= 11 is 6.63. The quantitative estimate of drug-likeness (QED) is 0.260. The summed E-state index contributed by atoms with van der Waals surface area (Å²) in [5, 5.41) is 14.3. The SMILES string of the molecule is COCCn1nnnc1[C@@H](c1cc2cc(C)c(C)cc2[nH]c1=O)N(Cc1ccccc1)Cc1ccccc1Cl. The lowest BCUT2D eigenvalue weighted by Gasteiger charge is -2.31. The van der Waals surface area contributed by atoms with Crippen LogP contribution in [-0.2, 0) is 24.4 Å². The van der Waals surface area contributed by atoms with Gasteiger partial charge in [-0.25, -0.2) is 4.68 Å². The lowest BCUT2D eigenvalue weighted by atomic mass is 9.99. The Bertz CT molecular complexity index is 1630. The largest absolute Gasteiger partial charge is 0.383 e. The van der Waals surface area contributed by atoms with E-state index in [0.717, 1.165) is 33.2 Å². The van der Waals surface area contributed by atoms with E-state index in [1.807, 2.05) is 61.5 Å². The number of hydrogen-bond acceptors (Lipinski definition) is 6. The van der Waals surface area contributed by atoms with Gasteiger partial charge in [-0.1, -0.05) is 60.1 Å². The van der Waals surface area contributed by atoms with Gasteiger partial charge in [0, 0.05) is 36.3 Å². The topological polar surface area (TPSA) is 88.9 Å². The van der Waals surface area contributed by atoms with Crippen molar-refractivity contribution < 1.29 is 4.74 Å². The molecule has 0 aliphatic heterocycles. The minimum Gasteiger partial charge on any atom is -0.383 e. The van der Waals surface area contributed by atoms with Crippen molar-refractivity contribution >= 4 is 22.5 Å². The first-order chi connectivity index (χ1) is 18.9. The molecule has 0 saturated carbocycles. The van der Waals surface area contributed by atoms with Gasteiger partial charge >= 0.3 is 0 Å². The van der Waals surface area contributed by atoms with Crippen LogP contribution in [0.1, 0.15) is 39.7 Å². The third-order valence-corrected chi connectivity index (χ3v) is 7.39. The third-order valence-electron chi connectivity index (χ3n) is 7.02. The second-order valence-electron chi connectivity index (χ2n) is 9.72. The van der Waals surface area contributed by atoms with E-state index in [1.165, 1.54) is 0 Å². The number of pyridine rings is 1. The highest BCUT2D eigenvalue weighted by atomic mass is 35.5. The van der Waals surface area contributed by atoms with Crippen LogP contribution in [0.25, 0.3) is 10.9 Å². The molecule has 0 aliphatic rings. The van der Waals surface area contributed by atoms with Crippen LogP contribution in [0.15, 0.2) is 77.6 Å². The summed E-state index contributed by atoms with van der Waals surface area (Å²) in [6, 6.07) is 23.4. The van der Waals surface area contributed by atoms with Gasteiger partial charge in [0.05, 0.1) is 13.2 Å². The van der Waals surface area contributed by atoms with Crippen molar-refractivity contribution in [2.75, 3.05) is 13.7 Å². The highest BCUT2D eigenvalue weighted by Crippen LogP contribution is 2.31. The number of nitrogens with one attached hydrogen (secondary N) is 1. The number of nitrogens with zero attached hydrogens (tertiary/aromatic N) is 5. The zero-order valence-electron chi connectivity index (χ0n) is 22.3. The molecule has 0 aliphatic carbocycles. The van der Waals surface area contributed by atoms with Crippen LogP contribution in [0.2, 0.25) is 5.02 Å². The molecule has 0 amide bonds. The molecule has 9 heteroatoms. The first-order valence-electron chi connectivity index (χ1n) is 12.8. The molecule has 3 aromatic carbocycles. The van der Waals surface area contributed by atoms with Gasteiger partial charge in [0.1, 0.15) is 6.04 Å². The summed E-state index contributed by atoms with van der Waals surface area (Å²) in [6.45, 7) is 6.00. The summed E-state index contributed by atoms with van der Waals surface area (Å²) in [7, 11) is 1.64. The lowest BCUT2D eigenvalue weighted by Crippen LogP contribution is -2.35. The van der Waals surface area contributed by atoms with Crippen LogP contribution in [0.4, 0.5) is 0 Å². The maximum absolute atomic E-state index is 13.8. The van der Waals surface area contributed by atoms with Gasteiger partial charge in [0.25, 0.3) is 5.56 Å². The highest BCUT2D eigenvalue weighted by Gasteiger charge is 2.31. The maximum Gasteiger partial charge on any atom is 0.253 e. The number of aromatic amines is 1. The average molecular weight is 543 g/mol. The minimum absolute atomic E-state index is 0.186. The first kappa shape index (κ1) is 26.7. The third kappa shape index (κ3) is 5.93. The Balaban J connectivity index is 1.71. The number of hydrogen-bond donors (Lipinski definition) is 1. The van der Waals surface area contributed by atoms with Gasteiger partial charge in [-0.2, -0.15) is 0 Å². The normalized spacial score (nSPS) is 12.3. The molecule has 0 radical (unpaired) electrons. The molecule has 0 unspecified atom stereocenters. The Hall–Kier alpha value is -3.85. The molecule has 2 heterocycles. The molecule has 0 bridgehead atoms. The summed E-state index contributed by atoms with van der Waals surface area (Å²) in [5.74, 6) is 0.559. The van der Waals surface area contributed by atoms with Gasteiger partial charge in [-0.05, 0) is 76.2 Å². The van der Waals surface area contributed by atoms with Gasteiger partial charge in [-0.3, -0.25) is 9.69 Å². The second-order valence-corrected chi connectivity index (χ2v) is 10.1. The molecule has 1 atom stereocenters. The number of rotatable bonds is 10. The van der Waals surface area contributed by atoms with Crippen LogP contribution in [-0.4, -0.2) is 43.8 Å². The van der Waals surface area contributed by atoms with E-state index >= 15 is 0 Å². The Morgan fingerprint density at radius 2 is 1.74 bits per heavy atom. The molecule has 200 valence electrons. The summed E-state index contributed by atoms with van der Waals surface area (Å²) < 4.78 is 7.02. The molecule has 1 N–H and O–H groups in total. The summed E-state index contributed by atoms with van der Waals surface area (Å²) in [5.41, 5.74) is 5.48. The molecule has 5 aromatic rings. The van der Waals surface area contributed by atoms with E-state index in [9.17, 15) is 4.79 Å². The van der Waals surface area contributed by atoms with Gasteiger partial charge in [0.2, 0.25) is 0 Å². The fourth-order valence-corrected chi connectivity index (χ4v) is 5.04. The van der Waals surface area contributed by atoms with Crippen molar-refractivity contribution in [2.24, 2.45) is 0 Å². The Kier molecular flexibility index (Phi) is 8.16. The van der Waals surface area contributed by atoms with E-state index in [4.69, 9.17) is 16.3 Å². The van der Waals surface area contributed by atoms with Crippen molar-refractivity contribution in [1.82, 2.24) is 30.1 Å². The Morgan fingerprint density at radius 3 is 2.51 bits per heavy atom. The minimum atomic E-state index is -0.567. The van der Waals surface area contributed by atoms with E-state index in [1.54, 1.807) is 11.8 Å². The molecule has 39 heavy (non-hydrogen) atoms. The van der Waals surface area contributed by atoms with Crippen molar-refractivity contribution in [3.63, 3.8) is 0 Å². The van der Waals surface area contributed by atoms with Gasteiger partial charge in [0.15, 0.2) is 5.82 Å². The van der Waals surface area contributed by atoms with Crippen molar-refractivity contribution in [2.45, 2.75) is 39.5 Å². The van der Waals surface area contributed by atoms with Crippen LogP contribution in [0, 0.1) is 13.8 Å². The van der Waals surface area contributed by atoms with Gasteiger partial charge < -0.3 is 9.72 Å². The number of H-pyrrole nitrogens is 1. The number of methoxy groups -OCH3 is 1. The lowest BCUT2D eigenvalue weighted by molar-refractivity contribution is 0.169. The number of aromatic nitrogens is 5. The summed E-state index contributed by atoms with van der Waals surface area (Å²) in [4.78, 5) is 19.1. The summed E-state index contributed by atoms with van der Waals surface area (Å²) in [6.07, 6.45) is 0. The van der Waals surface area contributed by atoms with Crippen molar-refractivity contribution in [3.05, 3.63) is 122 Å². The van der Waals surface area contributed by atoms with Crippen LogP contribution in [0.3, 0.4) is 0 Å². The van der Waals surface area contributed by atoms with Crippen LogP contribution in [0.5, 0.6) is 0 Å². The molecule has 0 spiro atoms.